The predicted octanol–water partition coefficient (Wildman–Crippen LogP) is 1.44. The lowest BCUT2D eigenvalue weighted by atomic mass is 10.4. The van der Waals surface area contributed by atoms with Gasteiger partial charge in [0.05, 0.1) is 10.2 Å². The molecule has 0 saturated carbocycles. The van der Waals surface area contributed by atoms with Crippen molar-refractivity contribution in [2.45, 2.75) is 13.8 Å². The number of hydrogen-bond donors (Lipinski definition) is 1. The highest BCUT2D eigenvalue weighted by Gasteiger charge is 2.01. The molecule has 54 valence electrons. The zero-order valence-corrected chi connectivity index (χ0v) is 7.44. The highest BCUT2D eigenvalue weighted by Crippen LogP contribution is 2.19. The smallest absolute Gasteiger partial charge is 0.141 e. The summed E-state index contributed by atoms with van der Waals surface area (Å²) >= 11 is 3.26. The molecule has 0 aliphatic carbocycles. The standard InChI is InChI=1S/C6H8BrN3/c1-3-5(7)6(8)10-4(2)9-3/h1-2H3,(H2,8,9,10). The first-order valence-electron chi connectivity index (χ1n) is 2.87. The first-order chi connectivity index (χ1) is 4.61. The Balaban J connectivity index is 3.31. The van der Waals surface area contributed by atoms with Crippen molar-refractivity contribution in [1.82, 2.24) is 9.97 Å². The maximum Gasteiger partial charge on any atom is 0.141 e. The van der Waals surface area contributed by atoms with E-state index in [1.54, 1.807) is 0 Å². The molecule has 0 spiro atoms. The second-order valence-electron chi connectivity index (χ2n) is 2.06. The van der Waals surface area contributed by atoms with Gasteiger partial charge in [0, 0.05) is 0 Å². The highest BCUT2D eigenvalue weighted by atomic mass is 79.9. The summed E-state index contributed by atoms with van der Waals surface area (Å²) in [5.74, 6) is 1.21. The number of hydrogen-bond acceptors (Lipinski definition) is 3. The van der Waals surface area contributed by atoms with Gasteiger partial charge in [-0.05, 0) is 29.8 Å². The van der Waals surface area contributed by atoms with Crippen LogP contribution in [0.4, 0.5) is 5.82 Å². The van der Waals surface area contributed by atoms with Crippen molar-refractivity contribution in [2.24, 2.45) is 0 Å². The third-order valence-corrected chi connectivity index (χ3v) is 2.13. The minimum Gasteiger partial charge on any atom is -0.383 e. The Labute approximate surface area is 67.8 Å². The Kier molecular flexibility index (Phi) is 1.89. The summed E-state index contributed by atoms with van der Waals surface area (Å²) < 4.78 is 0.790. The molecule has 1 heterocycles. The van der Waals surface area contributed by atoms with Crippen LogP contribution in [0.25, 0.3) is 0 Å². The van der Waals surface area contributed by atoms with Crippen molar-refractivity contribution in [3.63, 3.8) is 0 Å². The Morgan fingerprint density at radius 1 is 1.30 bits per heavy atom. The summed E-state index contributed by atoms with van der Waals surface area (Å²) in [6.07, 6.45) is 0. The number of halogens is 1. The van der Waals surface area contributed by atoms with E-state index in [-0.39, 0.29) is 0 Å². The molecule has 0 amide bonds. The number of anilines is 1. The summed E-state index contributed by atoms with van der Waals surface area (Å²) in [5.41, 5.74) is 6.40. The fourth-order valence-electron chi connectivity index (χ4n) is 0.726. The minimum absolute atomic E-state index is 0.505. The third kappa shape index (κ3) is 1.26. The minimum atomic E-state index is 0.505. The van der Waals surface area contributed by atoms with Crippen LogP contribution in [-0.2, 0) is 0 Å². The van der Waals surface area contributed by atoms with E-state index in [0.29, 0.717) is 11.6 Å². The van der Waals surface area contributed by atoms with Gasteiger partial charge in [-0.25, -0.2) is 9.97 Å². The maximum absolute atomic E-state index is 5.52. The van der Waals surface area contributed by atoms with Crippen LogP contribution >= 0.6 is 15.9 Å². The molecule has 0 saturated heterocycles. The molecule has 0 bridgehead atoms. The van der Waals surface area contributed by atoms with E-state index in [4.69, 9.17) is 5.73 Å². The van der Waals surface area contributed by atoms with E-state index in [2.05, 4.69) is 25.9 Å². The summed E-state index contributed by atoms with van der Waals surface area (Å²) in [7, 11) is 0. The highest BCUT2D eigenvalue weighted by molar-refractivity contribution is 9.10. The van der Waals surface area contributed by atoms with Gasteiger partial charge in [-0.15, -0.1) is 0 Å². The second-order valence-corrected chi connectivity index (χ2v) is 2.85. The van der Waals surface area contributed by atoms with Crippen LogP contribution in [0.3, 0.4) is 0 Å². The number of nitrogens with two attached hydrogens (primary N) is 1. The van der Waals surface area contributed by atoms with Crippen molar-refractivity contribution in [3.05, 3.63) is 16.0 Å². The molecule has 1 rings (SSSR count). The largest absolute Gasteiger partial charge is 0.383 e. The van der Waals surface area contributed by atoms with Gasteiger partial charge < -0.3 is 5.73 Å². The van der Waals surface area contributed by atoms with Gasteiger partial charge in [-0.3, -0.25) is 0 Å². The lowest BCUT2D eigenvalue weighted by Gasteiger charge is -2.00. The third-order valence-electron chi connectivity index (χ3n) is 1.15. The maximum atomic E-state index is 5.52. The zero-order valence-electron chi connectivity index (χ0n) is 5.85. The monoisotopic (exact) mass is 201 g/mol. The van der Waals surface area contributed by atoms with E-state index in [0.717, 1.165) is 10.2 Å². The van der Waals surface area contributed by atoms with Crippen LogP contribution in [-0.4, -0.2) is 9.97 Å². The van der Waals surface area contributed by atoms with Crippen LogP contribution in [0.2, 0.25) is 0 Å². The van der Waals surface area contributed by atoms with E-state index in [9.17, 15) is 0 Å². The molecule has 0 aliphatic rings. The van der Waals surface area contributed by atoms with Crippen molar-refractivity contribution in [1.29, 1.82) is 0 Å². The van der Waals surface area contributed by atoms with Gasteiger partial charge in [0.1, 0.15) is 11.6 Å². The Bertz CT molecular complexity index is 236. The normalized spacial score (nSPS) is 9.90. The molecular weight excluding hydrogens is 194 g/mol. The van der Waals surface area contributed by atoms with Crippen LogP contribution in [0, 0.1) is 13.8 Å². The van der Waals surface area contributed by atoms with Gasteiger partial charge >= 0.3 is 0 Å². The summed E-state index contributed by atoms with van der Waals surface area (Å²) in [6.45, 7) is 3.70. The number of aromatic nitrogens is 2. The fourth-order valence-corrected chi connectivity index (χ4v) is 0.903. The van der Waals surface area contributed by atoms with Gasteiger partial charge in [0.25, 0.3) is 0 Å². The first kappa shape index (κ1) is 7.47. The molecule has 4 heteroatoms. The number of aryl methyl sites for hydroxylation is 2. The van der Waals surface area contributed by atoms with Crippen LogP contribution in [0.1, 0.15) is 11.5 Å². The molecule has 0 aliphatic heterocycles. The van der Waals surface area contributed by atoms with Gasteiger partial charge in [0.2, 0.25) is 0 Å². The topological polar surface area (TPSA) is 51.8 Å². The molecule has 10 heavy (non-hydrogen) atoms. The molecule has 2 N–H and O–H groups in total. The molecular formula is C6H8BrN3. The van der Waals surface area contributed by atoms with E-state index in [1.165, 1.54) is 0 Å². The van der Waals surface area contributed by atoms with Crippen LogP contribution < -0.4 is 5.73 Å². The molecule has 1 aromatic heterocycles. The van der Waals surface area contributed by atoms with Crippen molar-refractivity contribution in [3.8, 4) is 0 Å². The van der Waals surface area contributed by atoms with Crippen LogP contribution in [0.5, 0.6) is 0 Å². The lowest BCUT2D eigenvalue weighted by molar-refractivity contribution is 1.01. The van der Waals surface area contributed by atoms with E-state index in [1.807, 2.05) is 13.8 Å². The molecule has 0 radical (unpaired) electrons. The quantitative estimate of drug-likeness (QED) is 0.692. The van der Waals surface area contributed by atoms with Crippen molar-refractivity contribution < 1.29 is 0 Å². The average molecular weight is 202 g/mol. The second kappa shape index (κ2) is 2.54. The molecule has 0 fully saturated rings. The lowest BCUT2D eigenvalue weighted by Crippen LogP contribution is -1.99. The van der Waals surface area contributed by atoms with E-state index >= 15 is 0 Å². The van der Waals surface area contributed by atoms with Gasteiger partial charge in [-0.1, -0.05) is 0 Å². The average Bonchev–Trinajstić information content (AvgIpc) is 1.82. The Morgan fingerprint density at radius 2 is 1.90 bits per heavy atom. The van der Waals surface area contributed by atoms with Gasteiger partial charge in [0.15, 0.2) is 0 Å². The number of nitrogens with zero attached hydrogens (tertiary/aromatic N) is 2. The summed E-state index contributed by atoms with van der Waals surface area (Å²) in [6, 6.07) is 0. The van der Waals surface area contributed by atoms with E-state index < -0.39 is 0 Å². The fraction of sp³-hybridized carbons (Fsp3) is 0.333. The Hall–Kier alpha value is -0.640. The van der Waals surface area contributed by atoms with Crippen LogP contribution in [0.15, 0.2) is 4.47 Å². The predicted molar refractivity (Wildman–Crippen MR) is 43.6 cm³/mol. The SMILES string of the molecule is Cc1nc(C)c(Br)c(N)n1. The first-order valence-corrected chi connectivity index (χ1v) is 3.67. The number of rotatable bonds is 0. The molecule has 0 aromatic carbocycles. The van der Waals surface area contributed by atoms with Gasteiger partial charge in [-0.2, -0.15) is 0 Å². The zero-order chi connectivity index (χ0) is 7.72. The Morgan fingerprint density at radius 3 is 2.40 bits per heavy atom. The number of nitrogen functional groups attached to an aromatic ring is 1. The van der Waals surface area contributed by atoms with Crippen molar-refractivity contribution >= 4 is 21.7 Å². The molecule has 1 aromatic rings. The summed E-state index contributed by atoms with van der Waals surface area (Å²) in [5, 5.41) is 0. The summed E-state index contributed by atoms with van der Waals surface area (Å²) in [4.78, 5) is 8.05. The van der Waals surface area contributed by atoms with Crippen molar-refractivity contribution in [2.75, 3.05) is 5.73 Å². The molecule has 3 nitrogen and oxygen atoms in total. The molecule has 0 unspecified atom stereocenters. The molecule has 0 atom stereocenters.